The van der Waals surface area contributed by atoms with E-state index >= 15 is 0 Å². The van der Waals surface area contributed by atoms with E-state index in [0.29, 0.717) is 10.7 Å². The van der Waals surface area contributed by atoms with Gasteiger partial charge < -0.3 is 15.0 Å². The molecule has 0 unspecified atom stereocenters. The van der Waals surface area contributed by atoms with Crippen molar-refractivity contribution in [3.63, 3.8) is 0 Å². The molecule has 198 valence electrons. The van der Waals surface area contributed by atoms with Gasteiger partial charge in [0, 0.05) is 24.4 Å². The first kappa shape index (κ1) is 25.3. The lowest BCUT2D eigenvalue weighted by molar-refractivity contribution is -0.141. The largest absolute Gasteiger partial charge is 0.455 e. The summed E-state index contributed by atoms with van der Waals surface area (Å²) >= 11 is 0. The normalized spacial score (nSPS) is 11.4. The molecule has 5 aromatic rings. The molecular weight excluding hydrogens is 529 g/mol. The van der Waals surface area contributed by atoms with Gasteiger partial charge in [-0.25, -0.2) is 28.2 Å². The number of hydrogen-bond donors (Lipinski definition) is 3. The van der Waals surface area contributed by atoms with E-state index in [-0.39, 0.29) is 34.0 Å². The number of urea groups is 1. The number of amides is 2. The molecule has 0 aliphatic heterocycles. The summed E-state index contributed by atoms with van der Waals surface area (Å²) < 4.78 is 74.5. The van der Waals surface area contributed by atoms with Crippen molar-refractivity contribution in [2.24, 2.45) is 0 Å². The number of pyridine rings is 1. The second-order valence-corrected chi connectivity index (χ2v) is 7.88. The molecule has 0 saturated heterocycles. The average molecular weight is 543 g/mol. The third kappa shape index (κ3) is 5.51. The summed E-state index contributed by atoms with van der Waals surface area (Å²) in [6.45, 7) is 0. The lowest BCUT2D eigenvalue weighted by Gasteiger charge is -2.12. The summed E-state index contributed by atoms with van der Waals surface area (Å²) in [5, 5.41) is 7.76. The molecule has 0 atom stereocenters. The summed E-state index contributed by atoms with van der Waals surface area (Å²) in [5.74, 6) is -1.93. The molecule has 0 radical (unpaired) electrons. The highest BCUT2D eigenvalue weighted by Gasteiger charge is 2.35. The minimum atomic E-state index is -4.85. The van der Waals surface area contributed by atoms with Crippen molar-refractivity contribution >= 4 is 28.7 Å². The van der Waals surface area contributed by atoms with E-state index in [1.54, 1.807) is 0 Å². The van der Waals surface area contributed by atoms with Gasteiger partial charge in [0.05, 0.1) is 17.6 Å². The highest BCUT2D eigenvalue weighted by atomic mass is 19.4. The van der Waals surface area contributed by atoms with E-state index in [1.807, 2.05) is 0 Å². The molecule has 0 saturated carbocycles. The maximum absolute atomic E-state index is 14.8. The smallest absolute Gasteiger partial charge is 0.435 e. The third-order valence-corrected chi connectivity index (χ3v) is 5.15. The number of carbonyl (C=O) groups is 1. The number of rotatable bonds is 5. The number of aromatic amines is 1. The topological polar surface area (TPSA) is 127 Å². The molecule has 3 N–H and O–H groups in total. The molecule has 39 heavy (non-hydrogen) atoms. The number of carbonyl (C=O) groups excluding carboxylic acids is 1. The third-order valence-electron chi connectivity index (χ3n) is 5.15. The fraction of sp³-hybridized carbons (Fsp3) is 0.0417. The number of ether oxygens (including phenoxy) is 1. The van der Waals surface area contributed by atoms with Crippen LogP contribution in [0.5, 0.6) is 11.5 Å². The molecule has 3 aromatic heterocycles. The summed E-state index contributed by atoms with van der Waals surface area (Å²) in [6, 6.07) is 8.89. The number of alkyl halides is 3. The first-order chi connectivity index (χ1) is 18.6. The van der Waals surface area contributed by atoms with Crippen LogP contribution in [-0.2, 0) is 6.18 Å². The SMILES string of the molecule is O=C(Nc1ccc(Oc2ccnc3[nH]c(=O)cnc23)cc1F)Nc1cc(C(F)(F)F)nn1-c1cccc(F)c1. The summed E-state index contributed by atoms with van der Waals surface area (Å²) in [6.07, 6.45) is -2.47. The van der Waals surface area contributed by atoms with E-state index in [4.69, 9.17) is 4.74 Å². The van der Waals surface area contributed by atoms with Crippen LogP contribution in [-0.4, -0.2) is 30.8 Å². The Morgan fingerprint density at radius 2 is 1.82 bits per heavy atom. The number of anilines is 2. The van der Waals surface area contributed by atoms with Gasteiger partial charge in [-0.1, -0.05) is 6.07 Å². The molecule has 2 aromatic carbocycles. The zero-order valence-corrected chi connectivity index (χ0v) is 19.3. The maximum Gasteiger partial charge on any atom is 0.435 e. The van der Waals surface area contributed by atoms with Crippen LogP contribution in [0.25, 0.3) is 16.9 Å². The van der Waals surface area contributed by atoms with Crippen LogP contribution in [0.4, 0.5) is 38.3 Å². The molecule has 3 heterocycles. The van der Waals surface area contributed by atoms with Gasteiger partial charge in [-0.3, -0.25) is 10.1 Å². The van der Waals surface area contributed by atoms with Crippen molar-refractivity contribution in [1.82, 2.24) is 24.7 Å². The molecule has 0 fully saturated rings. The fourth-order valence-corrected chi connectivity index (χ4v) is 3.48. The van der Waals surface area contributed by atoms with Crippen molar-refractivity contribution in [1.29, 1.82) is 0 Å². The quantitative estimate of drug-likeness (QED) is 0.261. The monoisotopic (exact) mass is 543 g/mol. The van der Waals surface area contributed by atoms with E-state index in [1.165, 1.54) is 30.5 Å². The van der Waals surface area contributed by atoms with Gasteiger partial charge in [-0.15, -0.1) is 0 Å². The van der Waals surface area contributed by atoms with Crippen LogP contribution >= 0.6 is 0 Å². The molecule has 10 nitrogen and oxygen atoms in total. The number of H-pyrrole nitrogens is 1. The Labute approximate surface area is 214 Å². The lowest BCUT2D eigenvalue weighted by atomic mass is 10.3. The molecular formula is C24H14F5N7O3. The Hall–Kier alpha value is -5.34. The van der Waals surface area contributed by atoms with Gasteiger partial charge in [-0.05, 0) is 30.3 Å². The number of aromatic nitrogens is 5. The number of benzene rings is 2. The summed E-state index contributed by atoms with van der Waals surface area (Å²) in [5.41, 5.74) is -1.85. The van der Waals surface area contributed by atoms with Gasteiger partial charge in [0.25, 0.3) is 5.56 Å². The number of halogens is 5. The number of nitrogens with one attached hydrogen (secondary N) is 3. The van der Waals surface area contributed by atoms with Crippen LogP contribution in [0.1, 0.15) is 5.69 Å². The van der Waals surface area contributed by atoms with Gasteiger partial charge in [0.1, 0.15) is 28.7 Å². The minimum absolute atomic E-state index is 0.0120. The van der Waals surface area contributed by atoms with E-state index in [2.05, 4.69) is 30.7 Å². The second-order valence-electron chi connectivity index (χ2n) is 7.88. The Balaban J connectivity index is 1.35. The first-order valence-electron chi connectivity index (χ1n) is 10.9. The van der Waals surface area contributed by atoms with Crippen LogP contribution in [0.3, 0.4) is 0 Å². The Morgan fingerprint density at radius 3 is 2.56 bits per heavy atom. The number of fused-ring (bicyclic) bond motifs is 1. The van der Waals surface area contributed by atoms with E-state index in [0.717, 1.165) is 30.5 Å². The molecule has 0 bridgehead atoms. The molecule has 0 aliphatic carbocycles. The average Bonchev–Trinajstić information content (AvgIpc) is 3.30. The molecule has 2 amide bonds. The minimum Gasteiger partial charge on any atom is -0.455 e. The van der Waals surface area contributed by atoms with Crippen molar-refractivity contribution < 1.29 is 31.5 Å². The Kier molecular flexibility index (Phi) is 6.39. The summed E-state index contributed by atoms with van der Waals surface area (Å²) in [7, 11) is 0. The fourth-order valence-electron chi connectivity index (χ4n) is 3.48. The van der Waals surface area contributed by atoms with Crippen molar-refractivity contribution in [3.05, 3.63) is 94.7 Å². The molecule has 0 spiro atoms. The highest BCUT2D eigenvalue weighted by Crippen LogP contribution is 2.32. The van der Waals surface area contributed by atoms with Crippen LogP contribution in [0, 0.1) is 11.6 Å². The van der Waals surface area contributed by atoms with Crippen molar-refractivity contribution in [2.75, 3.05) is 10.6 Å². The predicted molar refractivity (Wildman–Crippen MR) is 128 cm³/mol. The van der Waals surface area contributed by atoms with Crippen molar-refractivity contribution in [3.8, 4) is 17.2 Å². The summed E-state index contributed by atoms with van der Waals surface area (Å²) in [4.78, 5) is 34.4. The van der Waals surface area contributed by atoms with Gasteiger partial charge >= 0.3 is 12.2 Å². The van der Waals surface area contributed by atoms with Crippen molar-refractivity contribution in [2.45, 2.75) is 6.18 Å². The van der Waals surface area contributed by atoms with Crippen LogP contribution in [0.15, 0.2) is 71.8 Å². The number of nitrogens with zero attached hydrogens (tertiary/aromatic N) is 4. The first-order valence-corrected chi connectivity index (χ1v) is 10.9. The second kappa shape index (κ2) is 9.85. The van der Waals surface area contributed by atoms with Gasteiger partial charge in [0.2, 0.25) is 0 Å². The van der Waals surface area contributed by atoms with E-state index in [9.17, 15) is 31.5 Å². The zero-order valence-electron chi connectivity index (χ0n) is 19.3. The highest BCUT2D eigenvalue weighted by molar-refractivity contribution is 5.99. The lowest BCUT2D eigenvalue weighted by Crippen LogP contribution is -2.22. The molecule has 5 rings (SSSR count). The molecule has 0 aliphatic rings. The Morgan fingerprint density at radius 1 is 1.00 bits per heavy atom. The van der Waals surface area contributed by atoms with Crippen LogP contribution < -0.4 is 20.9 Å². The standard InChI is InChI=1S/C24H14F5N7O3/c25-12-2-1-3-13(8-12)36-19(10-18(35-36)24(27,28)29)33-23(38)32-16-5-4-14(9-15(16)26)39-17-6-7-30-22-21(17)31-11-20(37)34-22/h1-11H,(H,30,34,37)(H2,32,33,38). The van der Waals surface area contributed by atoms with Crippen LogP contribution in [0.2, 0.25) is 0 Å². The van der Waals surface area contributed by atoms with Gasteiger partial charge in [0.15, 0.2) is 17.1 Å². The molecule has 15 heteroatoms. The zero-order chi connectivity index (χ0) is 27.7. The predicted octanol–water partition coefficient (Wildman–Crippen LogP) is 5.24. The number of hydrogen-bond acceptors (Lipinski definition) is 6. The van der Waals surface area contributed by atoms with E-state index < -0.39 is 40.9 Å². The van der Waals surface area contributed by atoms with Gasteiger partial charge in [-0.2, -0.15) is 18.3 Å². The Bertz CT molecular complexity index is 1770. The maximum atomic E-state index is 14.8.